The smallest absolute Gasteiger partial charge is 0.141 e. The Balaban J connectivity index is 0.000000774. The van der Waals surface area contributed by atoms with Crippen molar-refractivity contribution in [1.29, 1.82) is 0 Å². The Kier molecular flexibility index (Phi) is 5.29. The van der Waals surface area contributed by atoms with E-state index < -0.39 is 0 Å². The Morgan fingerprint density at radius 1 is 0.905 bits per heavy atom. The topological polar surface area (TPSA) is 46.0 Å². The van der Waals surface area contributed by atoms with Gasteiger partial charge in [0.05, 0.1) is 11.4 Å². The summed E-state index contributed by atoms with van der Waals surface area (Å²) >= 11 is 4.64. The third-order valence-corrected chi connectivity index (χ3v) is 2.83. The van der Waals surface area contributed by atoms with E-state index in [1.165, 1.54) is 6.38 Å². The Morgan fingerprint density at radius 3 is 2.48 bits per heavy atom. The van der Waals surface area contributed by atoms with E-state index in [0.717, 1.165) is 16.8 Å². The highest BCUT2D eigenvalue weighted by Gasteiger charge is 2.00. The number of aromatic hydroxyl groups is 1. The van der Waals surface area contributed by atoms with Crippen LogP contribution in [0, 0.1) is 0 Å². The number of pyridine rings is 2. The van der Waals surface area contributed by atoms with Gasteiger partial charge in [-0.05, 0) is 36.4 Å². The quantitative estimate of drug-likeness (QED) is 0.715. The molecule has 1 N–H and O–H groups in total. The number of alkyl halides is 1. The maximum absolute atomic E-state index is 9.78. The van der Waals surface area contributed by atoms with Crippen molar-refractivity contribution in [1.82, 2.24) is 9.97 Å². The summed E-state index contributed by atoms with van der Waals surface area (Å²) in [5, 5.41) is 10.7. The van der Waals surface area contributed by atoms with Crippen molar-refractivity contribution in [2.45, 2.75) is 0 Å². The van der Waals surface area contributed by atoms with Gasteiger partial charge in [0.25, 0.3) is 0 Å². The molecule has 0 saturated heterocycles. The zero-order valence-electron chi connectivity index (χ0n) is 11.6. The summed E-state index contributed by atoms with van der Waals surface area (Å²) in [6.45, 7) is 0. The molecule has 4 heteroatoms. The highest BCUT2D eigenvalue weighted by Crippen LogP contribution is 2.22. The lowest BCUT2D eigenvalue weighted by molar-refractivity contribution is 0.480. The van der Waals surface area contributed by atoms with Crippen molar-refractivity contribution in [3.63, 3.8) is 0 Å². The minimum atomic E-state index is 0.200. The van der Waals surface area contributed by atoms with Crippen LogP contribution in [0.3, 0.4) is 0 Å². The number of hydrogen-bond donors (Lipinski definition) is 1. The van der Waals surface area contributed by atoms with Crippen LogP contribution in [0.2, 0.25) is 0 Å². The van der Waals surface area contributed by atoms with Gasteiger partial charge in [0, 0.05) is 18.0 Å². The molecule has 2 heterocycles. The van der Waals surface area contributed by atoms with Gasteiger partial charge in [0.2, 0.25) is 0 Å². The van der Waals surface area contributed by atoms with Crippen molar-refractivity contribution in [3.8, 4) is 5.75 Å². The fourth-order valence-corrected chi connectivity index (χ4v) is 1.88. The van der Waals surface area contributed by atoms with E-state index in [1.54, 1.807) is 12.3 Å². The molecule has 1 aromatic carbocycles. The molecule has 0 saturated carbocycles. The van der Waals surface area contributed by atoms with Crippen LogP contribution in [0.15, 0.2) is 54.7 Å². The van der Waals surface area contributed by atoms with E-state index >= 15 is 0 Å². The van der Waals surface area contributed by atoms with Crippen LogP contribution in [0.1, 0.15) is 11.4 Å². The molecule has 0 radical (unpaired) electrons. The molecule has 0 fully saturated rings. The predicted molar refractivity (Wildman–Crippen MR) is 88.3 cm³/mol. The normalized spacial score (nSPS) is 10.4. The predicted octanol–water partition coefficient (Wildman–Crippen LogP) is 4.36. The lowest BCUT2D eigenvalue weighted by Crippen LogP contribution is -1.84. The zero-order chi connectivity index (χ0) is 15.1. The molecule has 0 amide bonds. The average Bonchev–Trinajstić information content (AvgIpc) is 2.56. The van der Waals surface area contributed by atoms with Gasteiger partial charge in [-0.25, -0.2) is 4.98 Å². The molecule has 0 bridgehead atoms. The highest BCUT2D eigenvalue weighted by molar-refractivity contribution is 6.15. The first kappa shape index (κ1) is 15.0. The lowest BCUT2D eigenvalue weighted by Gasteiger charge is -2.01. The van der Waals surface area contributed by atoms with Gasteiger partial charge in [-0.2, -0.15) is 0 Å². The molecular formula is C17H15ClN2O. The number of rotatable bonds is 2. The number of phenols is 1. The van der Waals surface area contributed by atoms with Crippen molar-refractivity contribution in [3.05, 3.63) is 66.1 Å². The minimum Gasteiger partial charge on any atom is -0.506 e. The molecule has 0 aliphatic rings. The molecule has 0 aliphatic heterocycles. The molecule has 106 valence electrons. The highest BCUT2D eigenvalue weighted by atomic mass is 35.5. The van der Waals surface area contributed by atoms with E-state index in [1.807, 2.05) is 54.6 Å². The van der Waals surface area contributed by atoms with Crippen molar-refractivity contribution in [2.24, 2.45) is 0 Å². The monoisotopic (exact) mass is 298 g/mol. The first-order chi connectivity index (χ1) is 10.3. The van der Waals surface area contributed by atoms with Crippen LogP contribution in [-0.2, 0) is 0 Å². The van der Waals surface area contributed by atoms with E-state index in [2.05, 4.69) is 21.6 Å². The van der Waals surface area contributed by atoms with Crippen LogP contribution in [-0.4, -0.2) is 21.5 Å². The Morgan fingerprint density at radius 2 is 1.71 bits per heavy atom. The SMILES string of the molecule is CCl.Oc1cccc2ccc(/C=C/c3ccccn3)nc12. The van der Waals surface area contributed by atoms with Gasteiger partial charge in [0.15, 0.2) is 0 Å². The third kappa shape index (κ3) is 3.80. The summed E-state index contributed by atoms with van der Waals surface area (Å²) in [5.41, 5.74) is 2.28. The maximum atomic E-state index is 9.78. The number of benzene rings is 1. The Hall–Kier alpha value is -2.39. The van der Waals surface area contributed by atoms with Gasteiger partial charge in [-0.3, -0.25) is 4.98 Å². The van der Waals surface area contributed by atoms with Crippen LogP contribution in [0.4, 0.5) is 0 Å². The Bertz CT molecular complexity index is 742. The largest absolute Gasteiger partial charge is 0.506 e. The number of hydrogen-bond acceptors (Lipinski definition) is 3. The summed E-state index contributed by atoms with van der Waals surface area (Å²) in [7, 11) is 0. The molecule has 3 rings (SSSR count). The van der Waals surface area contributed by atoms with Gasteiger partial charge >= 0.3 is 0 Å². The van der Waals surface area contributed by atoms with Crippen LogP contribution < -0.4 is 0 Å². The second-order valence-corrected chi connectivity index (χ2v) is 4.17. The fraction of sp³-hybridized carbons (Fsp3) is 0.0588. The summed E-state index contributed by atoms with van der Waals surface area (Å²) in [5.74, 6) is 0.200. The molecule has 3 aromatic rings. The molecule has 21 heavy (non-hydrogen) atoms. The summed E-state index contributed by atoms with van der Waals surface area (Å²) < 4.78 is 0. The minimum absolute atomic E-state index is 0.200. The second kappa shape index (κ2) is 7.41. The second-order valence-electron chi connectivity index (χ2n) is 4.17. The van der Waals surface area contributed by atoms with Crippen LogP contribution in [0.5, 0.6) is 5.75 Å². The van der Waals surface area contributed by atoms with Gasteiger partial charge < -0.3 is 5.11 Å². The van der Waals surface area contributed by atoms with E-state index in [-0.39, 0.29) is 5.75 Å². The third-order valence-electron chi connectivity index (χ3n) is 2.83. The maximum Gasteiger partial charge on any atom is 0.141 e. The van der Waals surface area contributed by atoms with E-state index in [9.17, 15) is 5.11 Å². The number of nitrogens with zero attached hydrogens (tertiary/aromatic N) is 2. The molecule has 0 spiro atoms. The van der Waals surface area contributed by atoms with Crippen LogP contribution >= 0.6 is 11.6 Å². The van der Waals surface area contributed by atoms with Crippen molar-refractivity contribution < 1.29 is 5.11 Å². The lowest BCUT2D eigenvalue weighted by atomic mass is 10.2. The van der Waals surface area contributed by atoms with Crippen molar-refractivity contribution >= 4 is 34.7 Å². The first-order valence-electron chi connectivity index (χ1n) is 6.38. The van der Waals surface area contributed by atoms with E-state index in [4.69, 9.17) is 0 Å². The average molecular weight is 299 g/mol. The zero-order valence-corrected chi connectivity index (χ0v) is 12.3. The number of aromatic nitrogens is 2. The van der Waals surface area contributed by atoms with Crippen LogP contribution in [0.25, 0.3) is 23.1 Å². The Labute approximate surface area is 128 Å². The molecule has 3 nitrogen and oxygen atoms in total. The summed E-state index contributed by atoms with van der Waals surface area (Å²) in [6, 6.07) is 15.0. The fourth-order valence-electron chi connectivity index (χ4n) is 1.88. The molecule has 0 atom stereocenters. The molecule has 0 unspecified atom stereocenters. The molecule has 2 aromatic heterocycles. The first-order valence-corrected chi connectivity index (χ1v) is 7.14. The van der Waals surface area contributed by atoms with Gasteiger partial charge in [-0.15, -0.1) is 11.6 Å². The number of para-hydroxylation sites is 1. The van der Waals surface area contributed by atoms with E-state index in [0.29, 0.717) is 5.52 Å². The van der Waals surface area contributed by atoms with Gasteiger partial charge in [-0.1, -0.05) is 24.3 Å². The standard InChI is InChI=1S/C16H12N2O.CH3Cl/c19-15-6-3-4-12-7-8-14(18-16(12)15)10-9-13-5-1-2-11-17-13;1-2/h1-11,19H;1H3/b10-9+;. The number of halogens is 1. The van der Waals surface area contributed by atoms with Gasteiger partial charge in [0.1, 0.15) is 11.3 Å². The number of phenolic OH excluding ortho intramolecular Hbond substituents is 1. The number of fused-ring (bicyclic) bond motifs is 1. The summed E-state index contributed by atoms with van der Waals surface area (Å²) in [6.07, 6.45) is 7.00. The summed E-state index contributed by atoms with van der Waals surface area (Å²) in [4.78, 5) is 8.63. The molecule has 0 aliphatic carbocycles. The van der Waals surface area contributed by atoms with Crippen molar-refractivity contribution in [2.75, 3.05) is 6.38 Å². The molecular weight excluding hydrogens is 284 g/mol.